The summed E-state index contributed by atoms with van der Waals surface area (Å²) in [7, 11) is -2.91. The second-order valence-corrected chi connectivity index (χ2v) is 9.69. The van der Waals surface area contributed by atoms with Crippen LogP contribution in [0.25, 0.3) is 10.4 Å². The van der Waals surface area contributed by atoms with Crippen molar-refractivity contribution in [3.63, 3.8) is 0 Å². The Labute approximate surface area is 214 Å². The molecule has 0 bridgehead atoms. The summed E-state index contributed by atoms with van der Waals surface area (Å²) in [6, 6.07) is 2.15. The standard InChI is InChI=1S/C22H33F3N4O7S/c1-3-4-5-20(33-2)37(31,32)17-6-7-19(22(23,24)25)18(16-17)21(30)27-8-10-34-12-14-36-15-13-35-11-9-28-29-26/h6-7,16,20H,3-5,8-15H2,1-2H3,(H,27,30)/t20-/m0/s1. The van der Waals surface area contributed by atoms with Gasteiger partial charge in [0.15, 0.2) is 5.44 Å². The average Bonchev–Trinajstić information content (AvgIpc) is 2.86. The van der Waals surface area contributed by atoms with Gasteiger partial charge in [-0.2, -0.15) is 13.2 Å². The van der Waals surface area contributed by atoms with Gasteiger partial charge in [-0.25, -0.2) is 8.42 Å². The molecule has 1 N–H and O–H groups in total. The fourth-order valence-electron chi connectivity index (χ4n) is 3.08. The number of benzene rings is 1. The highest BCUT2D eigenvalue weighted by molar-refractivity contribution is 7.91. The number of nitrogens with zero attached hydrogens (tertiary/aromatic N) is 3. The minimum atomic E-state index is -4.86. The van der Waals surface area contributed by atoms with Crippen LogP contribution in [0.15, 0.2) is 28.2 Å². The van der Waals surface area contributed by atoms with E-state index < -0.39 is 43.4 Å². The molecular formula is C22H33F3N4O7S. The van der Waals surface area contributed by atoms with Crippen LogP contribution in [0.1, 0.15) is 42.1 Å². The van der Waals surface area contributed by atoms with Gasteiger partial charge in [0.2, 0.25) is 9.84 Å². The van der Waals surface area contributed by atoms with E-state index in [-0.39, 0.29) is 52.5 Å². The van der Waals surface area contributed by atoms with Crippen molar-refractivity contribution in [1.29, 1.82) is 0 Å². The molecule has 1 amide bonds. The molecule has 0 radical (unpaired) electrons. The summed E-state index contributed by atoms with van der Waals surface area (Å²) in [5.74, 6) is -1.08. The van der Waals surface area contributed by atoms with Crippen LogP contribution in [0.4, 0.5) is 13.2 Å². The van der Waals surface area contributed by atoms with Crippen LogP contribution in [-0.2, 0) is 35.0 Å². The van der Waals surface area contributed by atoms with Gasteiger partial charge >= 0.3 is 6.18 Å². The molecule has 1 rings (SSSR count). The highest BCUT2D eigenvalue weighted by Crippen LogP contribution is 2.34. The Kier molecular flexibility index (Phi) is 15.1. The maximum absolute atomic E-state index is 13.5. The van der Waals surface area contributed by atoms with Gasteiger partial charge < -0.3 is 24.3 Å². The van der Waals surface area contributed by atoms with E-state index in [4.69, 9.17) is 24.5 Å². The minimum absolute atomic E-state index is 0.000128. The first kappa shape index (κ1) is 32.6. The summed E-state index contributed by atoms with van der Waals surface area (Å²) in [5, 5.41) is 5.63. The molecule has 15 heteroatoms. The fraction of sp³-hybridized carbons (Fsp3) is 0.682. The number of methoxy groups -OCH3 is 1. The second-order valence-electron chi connectivity index (χ2n) is 7.61. The lowest BCUT2D eigenvalue weighted by Crippen LogP contribution is -2.30. The van der Waals surface area contributed by atoms with E-state index >= 15 is 0 Å². The smallest absolute Gasteiger partial charge is 0.379 e. The third kappa shape index (κ3) is 11.7. The first-order valence-corrected chi connectivity index (χ1v) is 13.1. The summed E-state index contributed by atoms with van der Waals surface area (Å²) < 4.78 is 87.0. The lowest BCUT2D eigenvalue weighted by molar-refractivity contribution is -0.138. The zero-order valence-corrected chi connectivity index (χ0v) is 21.6. The molecule has 1 aromatic rings. The number of unbranched alkanes of at least 4 members (excludes halogenated alkanes) is 1. The highest BCUT2D eigenvalue weighted by Gasteiger charge is 2.37. The largest absolute Gasteiger partial charge is 0.417 e. The van der Waals surface area contributed by atoms with Crippen molar-refractivity contribution >= 4 is 15.7 Å². The van der Waals surface area contributed by atoms with Crippen LogP contribution < -0.4 is 5.32 Å². The molecule has 37 heavy (non-hydrogen) atoms. The number of hydrogen-bond acceptors (Lipinski definition) is 8. The number of rotatable bonds is 19. The molecule has 0 aliphatic heterocycles. The molecule has 0 saturated carbocycles. The Balaban J connectivity index is 2.64. The predicted molar refractivity (Wildman–Crippen MR) is 128 cm³/mol. The molecule has 0 unspecified atom stereocenters. The first-order chi connectivity index (χ1) is 17.6. The number of nitrogens with one attached hydrogen (secondary N) is 1. The van der Waals surface area contributed by atoms with Crippen LogP contribution in [0, 0.1) is 0 Å². The molecule has 0 spiro atoms. The van der Waals surface area contributed by atoms with E-state index in [1.54, 1.807) is 0 Å². The number of azide groups is 1. The van der Waals surface area contributed by atoms with Crippen molar-refractivity contribution < 1.29 is 45.3 Å². The van der Waals surface area contributed by atoms with Gasteiger partial charge in [-0.3, -0.25) is 4.79 Å². The monoisotopic (exact) mass is 554 g/mol. The number of carbonyl (C=O) groups excluding carboxylic acids is 1. The van der Waals surface area contributed by atoms with E-state index in [9.17, 15) is 26.4 Å². The summed E-state index contributed by atoms with van der Waals surface area (Å²) in [6.07, 6.45) is -3.44. The summed E-state index contributed by atoms with van der Waals surface area (Å²) >= 11 is 0. The summed E-state index contributed by atoms with van der Waals surface area (Å²) in [4.78, 5) is 14.7. The van der Waals surface area contributed by atoms with Crippen molar-refractivity contribution in [2.24, 2.45) is 5.11 Å². The number of halogens is 3. The number of carbonyl (C=O) groups is 1. The molecule has 0 aromatic heterocycles. The number of alkyl halides is 3. The third-order valence-electron chi connectivity index (χ3n) is 4.95. The number of hydrogen-bond donors (Lipinski definition) is 1. The normalized spacial score (nSPS) is 12.7. The Morgan fingerprint density at radius 3 is 2.30 bits per heavy atom. The Bertz CT molecular complexity index is 987. The van der Waals surface area contributed by atoms with Gasteiger partial charge in [0.25, 0.3) is 5.91 Å². The number of ether oxygens (including phenoxy) is 4. The topological polar surface area (TPSA) is 149 Å². The molecule has 0 aliphatic carbocycles. The third-order valence-corrected chi connectivity index (χ3v) is 6.98. The minimum Gasteiger partial charge on any atom is -0.379 e. The molecule has 0 heterocycles. The lowest BCUT2D eigenvalue weighted by atomic mass is 10.1. The van der Waals surface area contributed by atoms with E-state index in [0.717, 1.165) is 12.1 Å². The Morgan fingerprint density at radius 1 is 1.11 bits per heavy atom. The molecule has 0 fully saturated rings. The summed E-state index contributed by atoms with van der Waals surface area (Å²) in [5.41, 5.74) is 4.83. The molecule has 210 valence electrons. The van der Waals surface area contributed by atoms with Crippen molar-refractivity contribution in [1.82, 2.24) is 5.32 Å². The van der Waals surface area contributed by atoms with Gasteiger partial charge in [-0.05, 0) is 30.2 Å². The lowest BCUT2D eigenvalue weighted by Gasteiger charge is -2.18. The van der Waals surface area contributed by atoms with E-state index in [1.807, 2.05) is 6.92 Å². The van der Waals surface area contributed by atoms with Gasteiger partial charge in [0.05, 0.1) is 55.7 Å². The van der Waals surface area contributed by atoms with Crippen LogP contribution in [-0.4, -0.2) is 79.6 Å². The second kappa shape index (κ2) is 17.2. The van der Waals surface area contributed by atoms with Crippen LogP contribution in [0.5, 0.6) is 0 Å². The number of sulfone groups is 1. The van der Waals surface area contributed by atoms with Crippen molar-refractivity contribution in [2.75, 3.05) is 59.8 Å². The van der Waals surface area contributed by atoms with E-state index in [1.165, 1.54) is 7.11 Å². The molecule has 1 atom stereocenters. The molecule has 1 aromatic carbocycles. The quantitative estimate of drug-likeness (QED) is 0.119. The number of amides is 1. The van der Waals surface area contributed by atoms with Crippen LogP contribution in [0.3, 0.4) is 0 Å². The zero-order valence-electron chi connectivity index (χ0n) is 20.8. The highest BCUT2D eigenvalue weighted by atomic mass is 32.2. The van der Waals surface area contributed by atoms with Gasteiger partial charge in [-0.1, -0.05) is 24.9 Å². The molecule has 0 saturated heterocycles. The maximum Gasteiger partial charge on any atom is 0.417 e. The Morgan fingerprint density at radius 2 is 1.73 bits per heavy atom. The molecule has 11 nitrogen and oxygen atoms in total. The van der Waals surface area contributed by atoms with Crippen molar-refractivity contribution in [3.8, 4) is 0 Å². The van der Waals surface area contributed by atoms with Crippen molar-refractivity contribution in [3.05, 3.63) is 39.8 Å². The predicted octanol–water partition coefficient (Wildman–Crippen LogP) is 3.73. The van der Waals surface area contributed by atoms with Crippen molar-refractivity contribution in [2.45, 2.75) is 42.7 Å². The fourth-order valence-corrected chi connectivity index (χ4v) is 4.66. The van der Waals surface area contributed by atoms with Gasteiger partial charge in [-0.15, -0.1) is 0 Å². The molecular weight excluding hydrogens is 521 g/mol. The van der Waals surface area contributed by atoms with E-state index in [2.05, 4.69) is 15.3 Å². The maximum atomic E-state index is 13.5. The van der Waals surface area contributed by atoms with Crippen LogP contribution in [0.2, 0.25) is 0 Å². The zero-order chi connectivity index (χ0) is 27.7. The summed E-state index contributed by atoms with van der Waals surface area (Å²) in [6.45, 7) is 3.26. The van der Waals surface area contributed by atoms with Gasteiger partial charge in [0, 0.05) is 25.1 Å². The van der Waals surface area contributed by atoms with E-state index in [0.29, 0.717) is 25.5 Å². The SMILES string of the molecule is CCCC[C@@H](OC)S(=O)(=O)c1ccc(C(F)(F)F)c(C(=O)NCCOCCOCCOCCN=[N+]=[N-])c1. The average molecular weight is 555 g/mol. The van der Waals surface area contributed by atoms with Gasteiger partial charge in [0.1, 0.15) is 0 Å². The first-order valence-electron chi connectivity index (χ1n) is 11.6. The molecule has 0 aliphatic rings. The Hall–Kier alpha value is -2.42. The van der Waals surface area contributed by atoms with Crippen LogP contribution >= 0.6 is 0 Å².